The van der Waals surface area contributed by atoms with Crippen LogP contribution in [-0.2, 0) is 9.47 Å². The molecule has 5 atom stereocenters. The van der Waals surface area contributed by atoms with E-state index in [0.717, 1.165) is 0 Å². The van der Waals surface area contributed by atoms with Crippen molar-refractivity contribution in [1.82, 2.24) is 4.98 Å². The number of hydrogen-bond acceptors (Lipinski definition) is 11. The molecule has 11 nitrogen and oxygen atoms in total. The number of aromatic nitrogens is 1. The number of benzene rings is 2. The van der Waals surface area contributed by atoms with Gasteiger partial charge in [0.25, 0.3) is 0 Å². The summed E-state index contributed by atoms with van der Waals surface area (Å²) in [6.45, 7) is 1.67. The maximum atomic E-state index is 13.1. The highest BCUT2D eigenvalue weighted by atomic mass is 16.7. The third-order valence-electron chi connectivity index (χ3n) is 7.66. The van der Waals surface area contributed by atoms with Crippen LogP contribution in [0.2, 0.25) is 0 Å². The average Bonchev–Trinajstić information content (AvgIpc) is 2.99. The lowest BCUT2D eigenvalue weighted by Crippen LogP contribution is -2.62. The van der Waals surface area contributed by atoms with Crippen molar-refractivity contribution in [2.45, 2.75) is 43.7 Å². The maximum Gasteiger partial charge on any atom is 0.514 e. The maximum absolute atomic E-state index is 13.1. The van der Waals surface area contributed by atoms with E-state index in [4.69, 9.17) is 28.1 Å². The van der Waals surface area contributed by atoms with Gasteiger partial charge in [0.1, 0.15) is 46.4 Å². The van der Waals surface area contributed by atoms with Gasteiger partial charge in [-0.15, -0.1) is 0 Å². The molecule has 3 heterocycles. The van der Waals surface area contributed by atoms with E-state index >= 15 is 0 Å². The van der Waals surface area contributed by atoms with Crippen LogP contribution in [-0.4, -0.2) is 40.2 Å². The minimum Gasteiger partial charge on any atom is -0.482 e. The molecule has 2 aliphatic rings. The van der Waals surface area contributed by atoms with Gasteiger partial charge in [0.15, 0.2) is 0 Å². The smallest absolute Gasteiger partial charge is 0.482 e. The minimum absolute atomic E-state index is 0.000262. The Hall–Kier alpha value is -5.16. The van der Waals surface area contributed by atoms with Gasteiger partial charge >= 0.3 is 17.9 Å². The van der Waals surface area contributed by atoms with E-state index in [2.05, 4.69) is 4.98 Å². The highest BCUT2D eigenvalue weighted by molar-refractivity contribution is 5.65. The van der Waals surface area contributed by atoms with Crippen LogP contribution in [0.15, 0.2) is 100 Å². The summed E-state index contributed by atoms with van der Waals surface area (Å²) in [6, 6.07) is 21.6. The molecule has 1 saturated carbocycles. The normalized spacial score (nSPS) is 24.0. The first-order chi connectivity index (χ1) is 20.8. The molecule has 4 aromatic rings. The Bertz CT molecular complexity index is 1660. The van der Waals surface area contributed by atoms with Crippen molar-refractivity contribution in [3.8, 4) is 28.6 Å². The standard InChI is InChI=1S/C32H27NO10/c1-32-23(28(34)27-25(43-32)17-24(41-29(27)35)19-9-8-14-33-18-19)15-22(40-30(36)38-20-10-4-2-5-11-20)16-26(32)42-31(37)39-21-12-6-3-7-13-21/h2-14,17-18,22-23,26,28,34H,15-16H2,1H3/t22-,23+,26-,28-,32+/m1/s1. The zero-order valence-electron chi connectivity index (χ0n) is 23.0. The Morgan fingerprint density at radius 3 is 2.19 bits per heavy atom. The lowest BCUT2D eigenvalue weighted by molar-refractivity contribution is -0.180. The number of para-hydroxylation sites is 2. The fourth-order valence-electron chi connectivity index (χ4n) is 5.56. The van der Waals surface area contributed by atoms with Crippen molar-refractivity contribution >= 4 is 12.3 Å². The lowest BCUT2D eigenvalue weighted by atomic mass is 9.68. The number of carbonyl (C=O) groups is 2. The summed E-state index contributed by atoms with van der Waals surface area (Å²) >= 11 is 0. The molecule has 1 aliphatic carbocycles. The fraction of sp³-hybridized carbons (Fsp3) is 0.250. The van der Waals surface area contributed by atoms with E-state index in [0.29, 0.717) is 5.56 Å². The molecule has 1 N–H and O–H groups in total. The Balaban J connectivity index is 1.31. The van der Waals surface area contributed by atoms with Crippen molar-refractivity contribution < 1.29 is 42.8 Å². The third-order valence-corrected chi connectivity index (χ3v) is 7.66. The van der Waals surface area contributed by atoms with Gasteiger partial charge in [-0.25, -0.2) is 14.4 Å². The second kappa shape index (κ2) is 11.6. The van der Waals surface area contributed by atoms with Crippen LogP contribution < -0.4 is 19.8 Å². The van der Waals surface area contributed by atoms with Gasteiger partial charge < -0.3 is 33.2 Å². The van der Waals surface area contributed by atoms with Gasteiger partial charge in [0.2, 0.25) is 0 Å². The average molecular weight is 586 g/mol. The van der Waals surface area contributed by atoms with Gasteiger partial charge in [-0.05, 0) is 49.7 Å². The Labute approximate surface area is 245 Å². The summed E-state index contributed by atoms with van der Waals surface area (Å²) in [4.78, 5) is 42.8. The van der Waals surface area contributed by atoms with Gasteiger partial charge in [-0.1, -0.05) is 36.4 Å². The lowest BCUT2D eigenvalue weighted by Gasteiger charge is -2.51. The van der Waals surface area contributed by atoms with Crippen molar-refractivity contribution in [1.29, 1.82) is 0 Å². The summed E-state index contributed by atoms with van der Waals surface area (Å²) in [5, 5.41) is 11.5. The second-order valence-electron chi connectivity index (χ2n) is 10.4. The zero-order valence-corrected chi connectivity index (χ0v) is 23.0. The second-order valence-corrected chi connectivity index (χ2v) is 10.4. The number of rotatable bonds is 5. The fourth-order valence-corrected chi connectivity index (χ4v) is 5.56. The van der Waals surface area contributed by atoms with E-state index < -0.39 is 47.8 Å². The number of pyridine rings is 1. The molecular formula is C32H27NO10. The van der Waals surface area contributed by atoms with E-state index in [1.54, 1.807) is 85.9 Å². The van der Waals surface area contributed by atoms with E-state index in [1.165, 1.54) is 12.3 Å². The van der Waals surface area contributed by atoms with Crippen LogP contribution in [0, 0.1) is 5.92 Å². The van der Waals surface area contributed by atoms with Crippen LogP contribution >= 0.6 is 0 Å². The molecular weight excluding hydrogens is 558 g/mol. The molecule has 2 aromatic heterocycles. The van der Waals surface area contributed by atoms with E-state index in [9.17, 15) is 19.5 Å². The number of aliphatic hydroxyl groups is 1. The van der Waals surface area contributed by atoms with Crippen molar-refractivity contribution in [2.24, 2.45) is 5.92 Å². The van der Waals surface area contributed by atoms with Gasteiger partial charge in [0.05, 0.1) is 6.10 Å². The highest BCUT2D eigenvalue weighted by Crippen LogP contribution is 2.51. The monoisotopic (exact) mass is 585 g/mol. The first kappa shape index (κ1) is 28.0. The summed E-state index contributed by atoms with van der Waals surface area (Å²) in [7, 11) is 0. The molecule has 1 fully saturated rings. The van der Waals surface area contributed by atoms with E-state index in [1.807, 2.05) is 0 Å². The molecule has 2 aromatic carbocycles. The number of fused-ring (bicyclic) bond motifs is 2. The molecule has 0 amide bonds. The topological polar surface area (TPSA) is 144 Å². The number of ether oxygens (including phenoxy) is 5. The molecule has 43 heavy (non-hydrogen) atoms. The highest BCUT2D eigenvalue weighted by Gasteiger charge is 2.58. The predicted octanol–water partition coefficient (Wildman–Crippen LogP) is 5.46. The van der Waals surface area contributed by atoms with Crippen molar-refractivity contribution in [2.75, 3.05) is 0 Å². The van der Waals surface area contributed by atoms with Crippen molar-refractivity contribution in [3.05, 3.63) is 107 Å². The molecule has 1 aliphatic heterocycles. The molecule has 0 bridgehead atoms. The first-order valence-electron chi connectivity index (χ1n) is 13.6. The van der Waals surface area contributed by atoms with Gasteiger partial charge in [-0.3, -0.25) is 4.98 Å². The van der Waals surface area contributed by atoms with Gasteiger partial charge in [-0.2, -0.15) is 0 Å². The Morgan fingerprint density at radius 2 is 1.56 bits per heavy atom. The molecule has 6 rings (SSSR count). The Kier molecular flexibility index (Phi) is 7.56. The molecule has 0 spiro atoms. The zero-order chi connectivity index (χ0) is 30.0. The van der Waals surface area contributed by atoms with Gasteiger partial charge in [0, 0.05) is 36.4 Å². The molecule has 0 unspecified atom stereocenters. The molecule has 0 radical (unpaired) electrons. The number of hydrogen-bond donors (Lipinski definition) is 1. The largest absolute Gasteiger partial charge is 0.514 e. The van der Waals surface area contributed by atoms with E-state index in [-0.39, 0.29) is 41.4 Å². The predicted molar refractivity (Wildman–Crippen MR) is 150 cm³/mol. The summed E-state index contributed by atoms with van der Waals surface area (Å²) in [5.41, 5.74) is -1.71. The molecule has 11 heteroatoms. The number of nitrogens with zero attached hydrogens (tertiary/aromatic N) is 1. The SMILES string of the molecule is C[C@]12Oc3cc(-c4cccnc4)oc(=O)c3[C@H](O)[C@@H]1C[C@@H](OC(=O)Oc1ccccc1)C[C@H]2OC(=O)Oc1ccccc1. The number of aliphatic hydroxyl groups excluding tert-OH is 1. The van der Waals surface area contributed by atoms with Crippen LogP contribution in [0.1, 0.15) is 31.4 Å². The summed E-state index contributed by atoms with van der Waals surface area (Å²) in [5.74, 6) is -0.0470. The number of carbonyl (C=O) groups excluding carboxylic acids is 2. The molecule has 220 valence electrons. The first-order valence-corrected chi connectivity index (χ1v) is 13.6. The quantitative estimate of drug-likeness (QED) is 0.235. The third kappa shape index (κ3) is 5.80. The van der Waals surface area contributed by atoms with Crippen molar-refractivity contribution in [3.63, 3.8) is 0 Å². The molecule has 0 saturated heterocycles. The minimum atomic E-state index is -1.40. The van der Waals surface area contributed by atoms with Crippen LogP contribution in [0.5, 0.6) is 17.2 Å². The van der Waals surface area contributed by atoms with Crippen LogP contribution in [0.25, 0.3) is 11.3 Å². The van der Waals surface area contributed by atoms with Crippen LogP contribution in [0.4, 0.5) is 9.59 Å². The van der Waals surface area contributed by atoms with Crippen LogP contribution in [0.3, 0.4) is 0 Å². The Morgan fingerprint density at radius 1 is 0.907 bits per heavy atom. The summed E-state index contributed by atoms with van der Waals surface area (Å²) in [6.07, 6.45) is -2.16. The summed E-state index contributed by atoms with van der Waals surface area (Å²) < 4.78 is 33.9.